The summed E-state index contributed by atoms with van der Waals surface area (Å²) in [7, 11) is 0. The average molecular weight is 227 g/mol. The molecule has 0 fully saturated rings. The molecule has 0 spiro atoms. The Balaban J connectivity index is 2.51. The first-order valence-electron chi connectivity index (χ1n) is 5.04. The van der Waals surface area contributed by atoms with Crippen LogP contribution in [0, 0.1) is 6.92 Å². The predicted octanol–water partition coefficient (Wildman–Crippen LogP) is 3.07. The van der Waals surface area contributed by atoms with Crippen LogP contribution in [0.1, 0.15) is 5.56 Å². The number of hydrogen-bond acceptors (Lipinski definition) is 3. The second-order valence-electron chi connectivity index (χ2n) is 3.77. The minimum Gasteiger partial charge on any atom is -0.290 e. The lowest BCUT2D eigenvalue weighted by Crippen LogP contribution is -1.98. The third-order valence-corrected chi connectivity index (χ3v) is 3.86. The number of rotatable bonds is 0. The molecule has 3 heteroatoms. The number of aryl methyl sites for hydroxylation is 1. The first-order valence-corrected chi connectivity index (χ1v) is 5.86. The van der Waals surface area contributed by atoms with Crippen LogP contribution >= 0.6 is 11.3 Å². The van der Waals surface area contributed by atoms with Crippen molar-refractivity contribution < 1.29 is 0 Å². The highest BCUT2D eigenvalue weighted by Gasteiger charge is 2.07. The number of aromatic nitrogens is 1. The Morgan fingerprint density at radius 3 is 2.94 bits per heavy atom. The van der Waals surface area contributed by atoms with E-state index in [1.54, 1.807) is 29.5 Å². The Hall–Kier alpha value is -1.74. The smallest absolute Gasteiger partial charge is 0.180 e. The number of benzene rings is 2. The van der Waals surface area contributed by atoms with E-state index in [4.69, 9.17) is 0 Å². The van der Waals surface area contributed by atoms with Crippen molar-refractivity contribution in [3.8, 4) is 10.6 Å². The second-order valence-corrected chi connectivity index (χ2v) is 4.82. The van der Waals surface area contributed by atoms with Gasteiger partial charge in [0.2, 0.25) is 0 Å². The molecule has 0 saturated carbocycles. The minimum atomic E-state index is 0.0403. The standard InChI is InChI=1S/C13H9NOS/c1-8-3-2-4-11-13(8)16-12-7-9(15)5-6-10(12)14-11/h2-7H,1H3. The molecule has 3 rings (SSSR count). The van der Waals surface area contributed by atoms with Gasteiger partial charge in [-0.3, -0.25) is 4.79 Å². The van der Waals surface area contributed by atoms with Crippen LogP contribution in [0.2, 0.25) is 0 Å². The van der Waals surface area contributed by atoms with Crippen LogP contribution in [-0.2, 0) is 0 Å². The maximum absolute atomic E-state index is 11.3. The molecular weight excluding hydrogens is 218 g/mol. The molecular formula is C13H9NOS. The lowest BCUT2D eigenvalue weighted by molar-refractivity contribution is 1.40. The monoisotopic (exact) mass is 227 g/mol. The van der Waals surface area contributed by atoms with Gasteiger partial charge in [0.15, 0.2) is 5.43 Å². The van der Waals surface area contributed by atoms with Gasteiger partial charge in [-0.15, -0.1) is 11.3 Å². The van der Waals surface area contributed by atoms with E-state index in [9.17, 15) is 4.79 Å². The summed E-state index contributed by atoms with van der Waals surface area (Å²) in [6, 6.07) is 11.1. The van der Waals surface area contributed by atoms with Crippen LogP contribution in [0.4, 0.5) is 0 Å². The van der Waals surface area contributed by atoms with E-state index < -0.39 is 0 Å². The van der Waals surface area contributed by atoms with Gasteiger partial charge in [0.1, 0.15) is 0 Å². The predicted molar refractivity (Wildman–Crippen MR) is 67.2 cm³/mol. The third kappa shape index (κ3) is 1.41. The van der Waals surface area contributed by atoms with Gasteiger partial charge in [-0.25, -0.2) is 4.98 Å². The molecule has 16 heavy (non-hydrogen) atoms. The molecule has 1 aliphatic carbocycles. The highest BCUT2D eigenvalue weighted by molar-refractivity contribution is 7.21. The number of fused-ring (bicyclic) bond motifs is 2. The van der Waals surface area contributed by atoms with Gasteiger partial charge in [0, 0.05) is 6.07 Å². The molecule has 0 saturated heterocycles. The normalized spacial score (nSPS) is 11.1. The van der Waals surface area contributed by atoms with Gasteiger partial charge >= 0.3 is 0 Å². The van der Waals surface area contributed by atoms with Gasteiger partial charge in [0.05, 0.1) is 20.8 Å². The van der Waals surface area contributed by atoms with E-state index in [-0.39, 0.29) is 5.43 Å². The van der Waals surface area contributed by atoms with E-state index in [1.807, 2.05) is 12.1 Å². The fourth-order valence-corrected chi connectivity index (χ4v) is 2.83. The molecule has 2 nitrogen and oxygen atoms in total. The van der Waals surface area contributed by atoms with Crippen molar-refractivity contribution in [2.24, 2.45) is 0 Å². The summed E-state index contributed by atoms with van der Waals surface area (Å²) in [5.41, 5.74) is 3.13. The Kier molecular flexibility index (Phi) is 2.01. The molecule has 2 aliphatic rings. The number of hydrogen-bond donors (Lipinski definition) is 0. The molecule has 0 amide bonds. The molecule has 1 aliphatic heterocycles. The van der Waals surface area contributed by atoms with Crippen molar-refractivity contribution in [1.82, 2.24) is 4.98 Å². The van der Waals surface area contributed by atoms with Crippen LogP contribution in [-0.4, -0.2) is 4.98 Å². The van der Waals surface area contributed by atoms with E-state index in [0.717, 1.165) is 20.8 Å². The largest absolute Gasteiger partial charge is 0.290 e. The van der Waals surface area contributed by atoms with Crippen LogP contribution in [0.5, 0.6) is 0 Å². The SMILES string of the molecule is Cc1cccc2nc3ccc(=O)cc-3sc12. The van der Waals surface area contributed by atoms with Crippen LogP contribution in [0.15, 0.2) is 41.2 Å². The second kappa shape index (κ2) is 3.39. The molecule has 78 valence electrons. The molecule has 1 aromatic carbocycles. The zero-order valence-corrected chi connectivity index (χ0v) is 9.54. The quantitative estimate of drug-likeness (QED) is 0.552. The summed E-state index contributed by atoms with van der Waals surface area (Å²) in [6.07, 6.45) is 0. The summed E-state index contributed by atoms with van der Waals surface area (Å²) in [6.45, 7) is 2.06. The summed E-state index contributed by atoms with van der Waals surface area (Å²) < 4.78 is 1.15. The molecule has 0 radical (unpaired) electrons. The Labute approximate surface area is 96.5 Å². The molecule has 0 unspecified atom stereocenters. The van der Waals surface area contributed by atoms with Gasteiger partial charge < -0.3 is 0 Å². The van der Waals surface area contributed by atoms with Crippen molar-refractivity contribution >= 4 is 21.6 Å². The summed E-state index contributed by atoms with van der Waals surface area (Å²) >= 11 is 1.63. The molecule has 0 aromatic heterocycles. The lowest BCUT2D eigenvalue weighted by atomic mass is 10.2. The van der Waals surface area contributed by atoms with Crippen molar-refractivity contribution in [3.63, 3.8) is 0 Å². The van der Waals surface area contributed by atoms with Gasteiger partial charge in [-0.1, -0.05) is 12.1 Å². The summed E-state index contributed by atoms with van der Waals surface area (Å²) in [4.78, 5) is 16.8. The molecule has 0 N–H and O–H groups in total. The van der Waals surface area contributed by atoms with Gasteiger partial charge in [-0.05, 0) is 30.7 Å². The number of nitrogens with zero attached hydrogens (tertiary/aromatic N) is 1. The first kappa shape index (κ1) is 9.48. The molecule has 0 bridgehead atoms. The molecule has 1 heterocycles. The van der Waals surface area contributed by atoms with Crippen molar-refractivity contribution in [2.75, 3.05) is 0 Å². The van der Waals surface area contributed by atoms with Crippen LogP contribution in [0.3, 0.4) is 0 Å². The van der Waals surface area contributed by atoms with E-state index in [1.165, 1.54) is 5.56 Å². The maximum Gasteiger partial charge on any atom is 0.180 e. The highest BCUT2D eigenvalue weighted by atomic mass is 32.1. The van der Waals surface area contributed by atoms with E-state index >= 15 is 0 Å². The summed E-state index contributed by atoms with van der Waals surface area (Å²) in [5.74, 6) is 0. The van der Waals surface area contributed by atoms with Crippen molar-refractivity contribution in [2.45, 2.75) is 6.92 Å². The van der Waals surface area contributed by atoms with Crippen molar-refractivity contribution in [1.29, 1.82) is 0 Å². The van der Waals surface area contributed by atoms with E-state index in [0.29, 0.717) is 0 Å². The van der Waals surface area contributed by atoms with Crippen LogP contribution in [0.25, 0.3) is 20.8 Å². The highest BCUT2D eigenvalue weighted by Crippen LogP contribution is 2.30. The fraction of sp³-hybridized carbons (Fsp3) is 0.0769. The van der Waals surface area contributed by atoms with Crippen molar-refractivity contribution in [3.05, 3.63) is 52.2 Å². The summed E-state index contributed by atoms with van der Waals surface area (Å²) in [5, 5.41) is 0. The molecule has 1 aromatic rings. The Morgan fingerprint density at radius 2 is 2.06 bits per heavy atom. The Morgan fingerprint density at radius 1 is 1.19 bits per heavy atom. The minimum absolute atomic E-state index is 0.0403. The van der Waals surface area contributed by atoms with Gasteiger partial charge in [-0.2, -0.15) is 0 Å². The van der Waals surface area contributed by atoms with Crippen LogP contribution < -0.4 is 5.43 Å². The zero-order valence-electron chi connectivity index (χ0n) is 8.73. The first-order chi connectivity index (χ1) is 7.74. The molecule has 0 atom stereocenters. The fourth-order valence-electron chi connectivity index (χ4n) is 1.77. The zero-order chi connectivity index (χ0) is 11.1. The van der Waals surface area contributed by atoms with E-state index in [2.05, 4.69) is 18.0 Å². The maximum atomic E-state index is 11.3. The topological polar surface area (TPSA) is 30.0 Å². The average Bonchev–Trinajstić information content (AvgIpc) is 2.28. The van der Waals surface area contributed by atoms with Gasteiger partial charge in [0.25, 0.3) is 0 Å². The third-order valence-electron chi connectivity index (χ3n) is 2.58. The Bertz CT molecular complexity index is 702. The lowest BCUT2D eigenvalue weighted by Gasteiger charge is -2.06.